The van der Waals surface area contributed by atoms with Gasteiger partial charge in [-0.05, 0) is 69.7 Å². The van der Waals surface area contributed by atoms with Crippen LogP contribution in [-0.4, -0.2) is 30.1 Å². The zero-order valence-corrected chi connectivity index (χ0v) is 13.3. The molecule has 3 rings (SSSR count). The Kier molecular flexibility index (Phi) is 4.39. The highest BCUT2D eigenvalue weighted by Crippen LogP contribution is 2.49. The standard InChI is InChI=1S/C18H26N2O2/c1-19-14-4-6-15(7-5-14)20-17(22)18(10-11-18)12-13-2-8-16(21)9-3-13/h2-3,8-9,14-15,19,21H,4-7,10-12H2,1H3,(H,20,22). The van der Waals surface area contributed by atoms with Gasteiger partial charge in [0.2, 0.25) is 5.91 Å². The molecule has 1 aromatic rings. The quantitative estimate of drug-likeness (QED) is 0.782. The van der Waals surface area contributed by atoms with E-state index >= 15 is 0 Å². The molecule has 2 fully saturated rings. The highest BCUT2D eigenvalue weighted by molar-refractivity contribution is 5.85. The number of rotatable bonds is 5. The van der Waals surface area contributed by atoms with Crippen LogP contribution in [0.15, 0.2) is 24.3 Å². The van der Waals surface area contributed by atoms with Gasteiger partial charge in [-0.3, -0.25) is 4.79 Å². The Morgan fingerprint density at radius 3 is 2.27 bits per heavy atom. The van der Waals surface area contributed by atoms with E-state index in [1.807, 2.05) is 19.2 Å². The summed E-state index contributed by atoms with van der Waals surface area (Å²) in [6.07, 6.45) is 7.18. The SMILES string of the molecule is CNC1CCC(NC(=O)C2(Cc3ccc(O)cc3)CC2)CC1. The zero-order valence-electron chi connectivity index (χ0n) is 13.3. The smallest absolute Gasteiger partial charge is 0.226 e. The lowest BCUT2D eigenvalue weighted by molar-refractivity contribution is -0.127. The van der Waals surface area contributed by atoms with Crippen LogP contribution in [0.5, 0.6) is 5.75 Å². The molecule has 0 aromatic heterocycles. The molecule has 4 nitrogen and oxygen atoms in total. The van der Waals surface area contributed by atoms with Gasteiger partial charge in [-0.1, -0.05) is 12.1 Å². The van der Waals surface area contributed by atoms with Crippen LogP contribution in [0.1, 0.15) is 44.1 Å². The average molecular weight is 302 g/mol. The van der Waals surface area contributed by atoms with E-state index in [-0.39, 0.29) is 17.1 Å². The summed E-state index contributed by atoms with van der Waals surface area (Å²) in [7, 11) is 2.01. The van der Waals surface area contributed by atoms with Crippen molar-refractivity contribution in [1.29, 1.82) is 0 Å². The monoisotopic (exact) mass is 302 g/mol. The summed E-state index contributed by atoms with van der Waals surface area (Å²) in [5.74, 6) is 0.507. The van der Waals surface area contributed by atoms with Crippen LogP contribution in [0.4, 0.5) is 0 Å². The van der Waals surface area contributed by atoms with Crippen LogP contribution in [0, 0.1) is 5.41 Å². The third kappa shape index (κ3) is 3.43. The molecule has 120 valence electrons. The highest BCUT2D eigenvalue weighted by Gasteiger charge is 2.50. The third-order valence-corrected chi connectivity index (χ3v) is 5.28. The number of amides is 1. The molecule has 0 atom stereocenters. The fourth-order valence-electron chi connectivity index (χ4n) is 3.50. The van der Waals surface area contributed by atoms with E-state index in [0.717, 1.165) is 50.5 Å². The lowest BCUT2D eigenvalue weighted by Gasteiger charge is -2.30. The van der Waals surface area contributed by atoms with Crippen LogP contribution in [-0.2, 0) is 11.2 Å². The van der Waals surface area contributed by atoms with Crippen molar-refractivity contribution in [3.8, 4) is 5.75 Å². The van der Waals surface area contributed by atoms with Crippen molar-refractivity contribution < 1.29 is 9.90 Å². The van der Waals surface area contributed by atoms with Gasteiger partial charge in [0.25, 0.3) is 0 Å². The Balaban J connectivity index is 1.54. The largest absolute Gasteiger partial charge is 0.508 e. The van der Waals surface area contributed by atoms with Crippen molar-refractivity contribution >= 4 is 5.91 Å². The van der Waals surface area contributed by atoms with E-state index in [0.29, 0.717) is 12.1 Å². The maximum Gasteiger partial charge on any atom is 0.226 e. The van der Waals surface area contributed by atoms with Crippen LogP contribution >= 0.6 is 0 Å². The lowest BCUT2D eigenvalue weighted by Crippen LogP contribution is -2.44. The summed E-state index contributed by atoms with van der Waals surface area (Å²) >= 11 is 0. The Morgan fingerprint density at radius 1 is 1.14 bits per heavy atom. The number of benzene rings is 1. The second kappa shape index (κ2) is 6.29. The van der Waals surface area contributed by atoms with Gasteiger partial charge in [-0.2, -0.15) is 0 Å². The summed E-state index contributed by atoms with van der Waals surface area (Å²) < 4.78 is 0. The summed E-state index contributed by atoms with van der Waals surface area (Å²) in [5.41, 5.74) is 0.931. The molecule has 3 N–H and O–H groups in total. The van der Waals surface area contributed by atoms with Crippen LogP contribution in [0.2, 0.25) is 0 Å². The van der Waals surface area contributed by atoms with E-state index in [1.165, 1.54) is 0 Å². The summed E-state index contributed by atoms with van der Waals surface area (Å²) in [5, 5.41) is 16.0. The van der Waals surface area contributed by atoms with E-state index in [1.54, 1.807) is 12.1 Å². The van der Waals surface area contributed by atoms with E-state index in [9.17, 15) is 9.90 Å². The Hall–Kier alpha value is -1.55. The molecule has 2 aliphatic rings. The Morgan fingerprint density at radius 2 is 1.73 bits per heavy atom. The molecule has 0 spiro atoms. The molecule has 1 amide bonds. The summed E-state index contributed by atoms with van der Waals surface area (Å²) in [6.45, 7) is 0. The van der Waals surface area contributed by atoms with E-state index in [4.69, 9.17) is 0 Å². The molecule has 22 heavy (non-hydrogen) atoms. The fourth-order valence-corrected chi connectivity index (χ4v) is 3.50. The van der Waals surface area contributed by atoms with Crippen molar-refractivity contribution in [3.05, 3.63) is 29.8 Å². The maximum atomic E-state index is 12.6. The van der Waals surface area contributed by atoms with Gasteiger partial charge in [-0.15, -0.1) is 0 Å². The number of phenols is 1. The highest BCUT2D eigenvalue weighted by atomic mass is 16.3. The fraction of sp³-hybridized carbons (Fsp3) is 0.611. The number of phenolic OH excluding ortho intramolecular Hbond substituents is 1. The normalized spacial score (nSPS) is 26.4. The number of nitrogens with one attached hydrogen (secondary N) is 2. The molecule has 1 aromatic carbocycles. The minimum atomic E-state index is -0.198. The van der Waals surface area contributed by atoms with Gasteiger partial charge in [0.15, 0.2) is 0 Å². The van der Waals surface area contributed by atoms with Gasteiger partial charge in [0.1, 0.15) is 5.75 Å². The van der Waals surface area contributed by atoms with Crippen LogP contribution in [0.25, 0.3) is 0 Å². The zero-order chi connectivity index (χ0) is 15.6. The number of aromatic hydroxyl groups is 1. The molecule has 4 heteroatoms. The predicted octanol–water partition coefficient (Wildman–Crippen LogP) is 2.36. The van der Waals surface area contributed by atoms with Crippen molar-refractivity contribution in [3.63, 3.8) is 0 Å². The molecule has 2 aliphatic carbocycles. The van der Waals surface area contributed by atoms with Gasteiger partial charge >= 0.3 is 0 Å². The average Bonchev–Trinajstić information content (AvgIpc) is 3.31. The maximum absolute atomic E-state index is 12.6. The molecule has 0 radical (unpaired) electrons. The van der Waals surface area contributed by atoms with Crippen molar-refractivity contribution in [2.45, 2.75) is 57.0 Å². The van der Waals surface area contributed by atoms with E-state index in [2.05, 4.69) is 10.6 Å². The first-order chi connectivity index (χ1) is 10.6. The first kappa shape index (κ1) is 15.3. The number of carbonyl (C=O) groups is 1. The number of carbonyl (C=O) groups excluding carboxylic acids is 1. The first-order valence-corrected chi connectivity index (χ1v) is 8.37. The third-order valence-electron chi connectivity index (χ3n) is 5.28. The molecule has 0 aliphatic heterocycles. The van der Waals surface area contributed by atoms with Gasteiger partial charge in [-0.25, -0.2) is 0 Å². The summed E-state index contributed by atoms with van der Waals surface area (Å²) in [6, 6.07) is 8.18. The number of hydrogen-bond donors (Lipinski definition) is 3. The number of hydrogen-bond acceptors (Lipinski definition) is 3. The van der Waals surface area contributed by atoms with Crippen molar-refractivity contribution in [2.24, 2.45) is 5.41 Å². The first-order valence-electron chi connectivity index (χ1n) is 8.37. The second-order valence-electron chi connectivity index (χ2n) is 6.93. The van der Waals surface area contributed by atoms with Crippen molar-refractivity contribution in [2.75, 3.05) is 7.05 Å². The van der Waals surface area contributed by atoms with Gasteiger partial charge in [0, 0.05) is 12.1 Å². The van der Waals surface area contributed by atoms with Crippen molar-refractivity contribution in [1.82, 2.24) is 10.6 Å². The Labute approximate surface area is 132 Å². The molecular formula is C18H26N2O2. The van der Waals surface area contributed by atoms with Crippen LogP contribution in [0.3, 0.4) is 0 Å². The Bertz CT molecular complexity index is 514. The molecule has 0 unspecified atom stereocenters. The molecule has 0 saturated heterocycles. The predicted molar refractivity (Wildman–Crippen MR) is 86.7 cm³/mol. The second-order valence-corrected chi connectivity index (χ2v) is 6.93. The molecular weight excluding hydrogens is 276 g/mol. The summed E-state index contributed by atoms with van der Waals surface area (Å²) in [4.78, 5) is 12.6. The lowest BCUT2D eigenvalue weighted by atomic mass is 9.89. The molecule has 0 heterocycles. The molecule has 2 saturated carbocycles. The van der Waals surface area contributed by atoms with E-state index < -0.39 is 0 Å². The molecule has 0 bridgehead atoms. The van der Waals surface area contributed by atoms with Gasteiger partial charge in [0.05, 0.1) is 5.41 Å². The van der Waals surface area contributed by atoms with Gasteiger partial charge < -0.3 is 15.7 Å². The van der Waals surface area contributed by atoms with Crippen LogP contribution < -0.4 is 10.6 Å². The minimum absolute atomic E-state index is 0.198. The minimum Gasteiger partial charge on any atom is -0.508 e. The topological polar surface area (TPSA) is 61.4 Å².